The smallest absolute Gasteiger partial charge is 0.351 e. The van der Waals surface area contributed by atoms with E-state index in [9.17, 15) is 9.59 Å². The normalized spacial score (nSPS) is 14.1. The second-order valence-electron chi connectivity index (χ2n) is 6.86. The van der Waals surface area contributed by atoms with E-state index in [0.29, 0.717) is 33.4 Å². The molecule has 0 fully saturated rings. The van der Waals surface area contributed by atoms with E-state index >= 15 is 0 Å². The number of hydrogen-bond acceptors (Lipinski definition) is 6. The zero-order valence-electron chi connectivity index (χ0n) is 14.8. The summed E-state index contributed by atoms with van der Waals surface area (Å²) < 4.78 is 11.3. The van der Waals surface area contributed by atoms with Gasteiger partial charge in [0, 0.05) is 54.0 Å². The van der Waals surface area contributed by atoms with E-state index in [1.165, 1.54) is 0 Å². The van der Waals surface area contributed by atoms with Gasteiger partial charge in [0.1, 0.15) is 11.5 Å². The molecule has 0 saturated heterocycles. The first-order chi connectivity index (χ1) is 14.1. The van der Waals surface area contributed by atoms with Crippen molar-refractivity contribution in [3.8, 4) is 22.6 Å². The lowest BCUT2D eigenvalue weighted by Gasteiger charge is -2.23. The zero-order valence-corrected chi connectivity index (χ0v) is 17.2. The third-order valence-electron chi connectivity index (χ3n) is 5.26. The van der Waals surface area contributed by atoms with Crippen LogP contribution in [0.5, 0.6) is 0 Å². The number of hydrogen-bond donors (Lipinski definition) is 0. The molecule has 29 heavy (non-hydrogen) atoms. The summed E-state index contributed by atoms with van der Waals surface area (Å²) in [6, 6.07) is 13.4. The van der Waals surface area contributed by atoms with Crippen molar-refractivity contribution in [1.29, 1.82) is 0 Å². The summed E-state index contributed by atoms with van der Waals surface area (Å²) in [4.78, 5) is 27.7. The number of fused-ring (bicyclic) bond motifs is 9. The fraction of sp³-hybridized carbons (Fsp3) is 0.0909. The summed E-state index contributed by atoms with van der Waals surface area (Å²) in [5.74, 6) is 2.27. The van der Waals surface area contributed by atoms with E-state index in [-0.39, 0.29) is 5.39 Å². The molecule has 4 heterocycles. The highest BCUT2D eigenvalue weighted by Crippen LogP contribution is 2.48. The van der Waals surface area contributed by atoms with Gasteiger partial charge in [-0.15, -0.1) is 23.5 Å². The van der Waals surface area contributed by atoms with Gasteiger partial charge in [0.15, 0.2) is 5.39 Å². The average Bonchev–Trinajstić information content (AvgIpc) is 2.73. The molecule has 142 valence electrons. The Morgan fingerprint density at radius 1 is 0.759 bits per heavy atom. The molecule has 4 nitrogen and oxygen atoms in total. The monoisotopic (exact) mass is 438 g/mol. The molecule has 0 amide bonds. The summed E-state index contributed by atoms with van der Waals surface area (Å²) in [7, 11) is 0. The second-order valence-corrected chi connectivity index (χ2v) is 9.33. The fourth-order valence-corrected chi connectivity index (χ4v) is 6.29. The molecule has 2 aromatic carbocycles. The fourth-order valence-electron chi connectivity index (χ4n) is 4.01. The number of benzene rings is 2. The average molecular weight is 439 g/mol. The van der Waals surface area contributed by atoms with Crippen LogP contribution in [0.2, 0.25) is 5.02 Å². The predicted octanol–water partition coefficient (Wildman–Crippen LogP) is 5.95. The van der Waals surface area contributed by atoms with Crippen molar-refractivity contribution >= 4 is 45.9 Å². The molecule has 0 saturated carbocycles. The maximum absolute atomic E-state index is 12.8. The van der Waals surface area contributed by atoms with Crippen LogP contribution in [0.25, 0.3) is 33.4 Å². The van der Waals surface area contributed by atoms with Crippen LogP contribution in [-0.4, -0.2) is 0 Å². The molecule has 0 spiro atoms. The Labute approximate surface area is 177 Å². The molecule has 0 unspecified atom stereocenters. The molecular weight excluding hydrogens is 428 g/mol. The molecule has 0 radical (unpaired) electrons. The van der Waals surface area contributed by atoms with E-state index in [1.54, 1.807) is 29.6 Å². The lowest BCUT2D eigenvalue weighted by Crippen LogP contribution is -2.18. The van der Waals surface area contributed by atoms with E-state index in [0.717, 1.165) is 32.0 Å². The molecule has 7 heteroatoms. The van der Waals surface area contributed by atoms with Gasteiger partial charge in [0.2, 0.25) is 0 Å². The summed E-state index contributed by atoms with van der Waals surface area (Å²) in [5.41, 5.74) is 2.07. The molecular formula is C22H11ClO4S2. The molecule has 6 rings (SSSR count). The van der Waals surface area contributed by atoms with Gasteiger partial charge in [-0.3, -0.25) is 0 Å². The molecule has 0 N–H and O–H groups in total. The Bertz CT molecular complexity index is 1470. The van der Waals surface area contributed by atoms with E-state index < -0.39 is 11.3 Å². The van der Waals surface area contributed by atoms with Crippen LogP contribution >= 0.6 is 35.1 Å². The van der Waals surface area contributed by atoms with Crippen molar-refractivity contribution < 1.29 is 8.83 Å². The van der Waals surface area contributed by atoms with Crippen LogP contribution in [0.4, 0.5) is 0 Å². The standard InChI is InChI=1S/C22H11ClO4S2/c23-10-5-6-16-12(7-10)20-14(9-29-16)17-13-8-28-15-4-2-1-3-11(15)19(13)26-21(24)18(17)22(25)27-20/h1-7H,8-9H2. The highest BCUT2D eigenvalue weighted by Gasteiger charge is 2.30. The summed E-state index contributed by atoms with van der Waals surface area (Å²) >= 11 is 9.52. The maximum atomic E-state index is 12.8. The van der Waals surface area contributed by atoms with Gasteiger partial charge in [-0.2, -0.15) is 0 Å². The van der Waals surface area contributed by atoms with Crippen LogP contribution in [-0.2, 0) is 11.5 Å². The van der Waals surface area contributed by atoms with E-state index in [1.807, 2.05) is 36.4 Å². The van der Waals surface area contributed by atoms with Gasteiger partial charge in [-0.25, -0.2) is 9.59 Å². The summed E-state index contributed by atoms with van der Waals surface area (Å²) in [6.45, 7) is 0. The minimum Gasteiger partial charge on any atom is -0.422 e. The molecule has 2 aliphatic rings. The SMILES string of the molecule is O=c1oc2c(c3c4c(oc(=O)c13)-c1cc(Cl)ccc1SC4)CSc1ccccc1-2. The van der Waals surface area contributed by atoms with Gasteiger partial charge in [0.05, 0.1) is 0 Å². The largest absolute Gasteiger partial charge is 0.422 e. The minimum absolute atomic E-state index is 0.00596. The number of rotatable bonds is 0. The first-order valence-corrected chi connectivity index (χ1v) is 11.3. The van der Waals surface area contributed by atoms with Crippen LogP contribution in [0.1, 0.15) is 11.1 Å². The first-order valence-electron chi connectivity index (χ1n) is 8.92. The van der Waals surface area contributed by atoms with Crippen molar-refractivity contribution in [2.24, 2.45) is 0 Å². The Morgan fingerprint density at radius 2 is 1.38 bits per heavy atom. The van der Waals surface area contributed by atoms with Crippen LogP contribution in [0.15, 0.2) is 70.7 Å². The minimum atomic E-state index is -0.669. The lowest BCUT2D eigenvalue weighted by molar-refractivity contribution is 0.506. The van der Waals surface area contributed by atoms with Crippen molar-refractivity contribution in [2.75, 3.05) is 0 Å². The zero-order chi connectivity index (χ0) is 19.7. The highest BCUT2D eigenvalue weighted by atomic mass is 35.5. The van der Waals surface area contributed by atoms with Crippen molar-refractivity contribution in [3.05, 3.63) is 79.5 Å². The molecule has 0 atom stereocenters. The van der Waals surface area contributed by atoms with Crippen molar-refractivity contribution in [1.82, 2.24) is 0 Å². The quantitative estimate of drug-likeness (QED) is 0.338. The topological polar surface area (TPSA) is 60.4 Å². The van der Waals surface area contributed by atoms with Gasteiger partial charge >= 0.3 is 11.3 Å². The third-order valence-corrected chi connectivity index (χ3v) is 7.70. The van der Waals surface area contributed by atoms with Crippen LogP contribution in [0.3, 0.4) is 0 Å². The Hall–Kier alpha value is -2.41. The van der Waals surface area contributed by atoms with Crippen molar-refractivity contribution in [3.63, 3.8) is 0 Å². The molecule has 4 aromatic rings. The molecule has 0 aliphatic carbocycles. The number of thioether (sulfide) groups is 2. The maximum Gasteiger partial charge on any atom is 0.351 e. The molecule has 0 bridgehead atoms. The Kier molecular flexibility index (Phi) is 3.79. The highest BCUT2D eigenvalue weighted by molar-refractivity contribution is 7.99. The first kappa shape index (κ1) is 17.4. The predicted molar refractivity (Wildman–Crippen MR) is 116 cm³/mol. The van der Waals surface area contributed by atoms with Crippen LogP contribution < -0.4 is 11.3 Å². The number of halogens is 1. The third kappa shape index (κ3) is 2.49. The molecule has 2 aromatic heterocycles. The Balaban J connectivity index is 1.78. The van der Waals surface area contributed by atoms with Crippen LogP contribution in [0, 0.1) is 0 Å². The van der Waals surface area contributed by atoms with E-state index in [4.69, 9.17) is 20.4 Å². The van der Waals surface area contributed by atoms with Gasteiger partial charge in [0.25, 0.3) is 0 Å². The van der Waals surface area contributed by atoms with Crippen molar-refractivity contribution in [2.45, 2.75) is 21.3 Å². The van der Waals surface area contributed by atoms with E-state index in [2.05, 4.69) is 0 Å². The van der Waals surface area contributed by atoms with Gasteiger partial charge in [-0.05, 0) is 24.3 Å². The molecule has 2 aliphatic heterocycles. The summed E-state index contributed by atoms with van der Waals surface area (Å²) in [5, 5.41) is 1.23. The van der Waals surface area contributed by atoms with Gasteiger partial charge < -0.3 is 8.83 Å². The second kappa shape index (κ2) is 6.29. The Morgan fingerprint density at radius 3 is 2.10 bits per heavy atom. The van der Waals surface area contributed by atoms with Gasteiger partial charge in [-0.1, -0.05) is 29.8 Å². The summed E-state index contributed by atoms with van der Waals surface area (Å²) in [6.07, 6.45) is 0. The lowest BCUT2D eigenvalue weighted by atomic mass is 9.97.